The number of aromatic nitrogens is 2. The summed E-state index contributed by atoms with van der Waals surface area (Å²) in [5, 5.41) is 3.31. The third-order valence-corrected chi connectivity index (χ3v) is 5.55. The summed E-state index contributed by atoms with van der Waals surface area (Å²) in [6.07, 6.45) is 4.53. The highest BCUT2D eigenvalue weighted by Gasteiger charge is 2.20. The van der Waals surface area contributed by atoms with E-state index in [1.54, 1.807) is 6.07 Å². The van der Waals surface area contributed by atoms with E-state index in [2.05, 4.69) is 59.2 Å². The van der Waals surface area contributed by atoms with E-state index in [4.69, 9.17) is 0 Å². The Bertz CT molecular complexity index is 839. The van der Waals surface area contributed by atoms with Crippen molar-refractivity contribution in [2.75, 3.05) is 36.4 Å². The first-order valence-corrected chi connectivity index (χ1v) is 10.8. The third-order valence-electron chi connectivity index (χ3n) is 5.55. The van der Waals surface area contributed by atoms with Crippen LogP contribution in [-0.4, -0.2) is 47.0 Å². The van der Waals surface area contributed by atoms with E-state index in [0.717, 1.165) is 56.0 Å². The van der Waals surface area contributed by atoms with Crippen molar-refractivity contribution >= 4 is 23.2 Å². The molecule has 1 saturated heterocycles. The Hall–Kier alpha value is -2.63. The van der Waals surface area contributed by atoms with E-state index in [9.17, 15) is 4.79 Å². The summed E-state index contributed by atoms with van der Waals surface area (Å²) in [6.45, 7) is 11.9. The lowest BCUT2D eigenvalue weighted by Crippen LogP contribution is -2.32. The average molecular weight is 396 g/mol. The van der Waals surface area contributed by atoms with Gasteiger partial charge in [-0.2, -0.15) is 0 Å². The number of anilines is 3. The second-order valence-electron chi connectivity index (χ2n) is 7.72. The van der Waals surface area contributed by atoms with Gasteiger partial charge in [-0.1, -0.05) is 12.8 Å². The molecule has 1 N–H and O–H groups in total. The lowest BCUT2D eigenvalue weighted by atomic mass is 10.1. The lowest BCUT2D eigenvalue weighted by Gasteiger charge is -2.22. The molecule has 2 heterocycles. The summed E-state index contributed by atoms with van der Waals surface area (Å²) in [5.41, 5.74) is 4.55. The Kier molecular flexibility index (Phi) is 7.07. The van der Waals surface area contributed by atoms with Crippen molar-refractivity contribution in [3.63, 3.8) is 0 Å². The van der Waals surface area contributed by atoms with Crippen LogP contribution in [0.15, 0.2) is 24.3 Å². The first-order valence-electron chi connectivity index (χ1n) is 10.8. The maximum atomic E-state index is 13.0. The fourth-order valence-corrected chi connectivity index (χ4v) is 3.86. The van der Waals surface area contributed by atoms with E-state index in [-0.39, 0.29) is 5.91 Å². The minimum atomic E-state index is 0.00838. The topological polar surface area (TPSA) is 61.4 Å². The summed E-state index contributed by atoms with van der Waals surface area (Å²) in [5.74, 6) is 0.482. The number of amides is 1. The molecular formula is C23H33N5O. The van der Waals surface area contributed by atoms with Crippen LogP contribution in [0.1, 0.15) is 61.3 Å². The van der Waals surface area contributed by atoms with Gasteiger partial charge in [0.2, 0.25) is 5.95 Å². The molecule has 0 saturated carbocycles. The van der Waals surface area contributed by atoms with Gasteiger partial charge < -0.3 is 15.1 Å². The minimum Gasteiger partial charge on any atom is -0.372 e. The van der Waals surface area contributed by atoms with Crippen molar-refractivity contribution in [3.8, 4) is 0 Å². The molecule has 3 rings (SSSR count). The van der Waals surface area contributed by atoms with Crippen molar-refractivity contribution in [2.45, 2.75) is 53.4 Å². The molecule has 29 heavy (non-hydrogen) atoms. The standard InChI is InChI=1S/C23H33N5O/c1-5-27(6-2)19-11-12-20(17(3)15-19)25-23-24-18(4)16-21(26-23)22(29)28-13-9-7-8-10-14-28/h11-12,15-16H,5-10,13-14H2,1-4H3,(H,24,25,26). The molecule has 1 aliphatic heterocycles. The zero-order valence-electron chi connectivity index (χ0n) is 18.2. The van der Waals surface area contributed by atoms with Crippen molar-refractivity contribution in [2.24, 2.45) is 0 Å². The molecule has 0 unspecified atom stereocenters. The average Bonchev–Trinajstić information content (AvgIpc) is 2.99. The predicted molar refractivity (Wildman–Crippen MR) is 119 cm³/mol. The quantitative estimate of drug-likeness (QED) is 0.768. The second kappa shape index (κ2) is 9.72. The molecule has 1 aliphatic rings. The van der Waals surface area contributed by atoms with Crippen LogP contribution in [0.5, 0.6) is 0 Å². The smallest absolute Gasteiger partial charge is 0.272 e. The monoisotopic (exact) mass is 395 g/mol. The summed E-state index contributed by atoms with van der Waals surface area (Å²) < 4.78 is 0. The minimum absolute atomic E-state index is 0.00838. The normalized spacial score (nSPS) is 14.4. The number of nitrogens with one attached hydrogen (secondary N) is 1. The molecule has 1 fully saturated rings. The van der Waals surface area contributed by atoms with E-state index in [1.807, 2.05) is 11.8 Å². The highest BCUT2D eigenvalue weighted by Crippen LogP contribution is 2.25. The first-order chi connectivity index (χ1) is 14.0. The van der Waals surface area contributed by atoms with Gasteiger partial charge in [0, 0.05) is 43.2 Å². The number of benzene rings is 1. The molecule has 0 aliphatic carbocycles. The van der Waals surface area contributed by atoms with Crippen molar-refractivity contribution in [1.82, 2.24) is 14.9 Å². The van der Waals surface area contributed by atoms with Gasteiger partial charge in [-0.05, 0) is 70.4 Å². The number of hydrogen-bond acceptors (Lipinski definition) is 5. The predicted octanol–water partition coefficient (Wildman–Crippen LogP) is 4.70. The molecule has 1 amide bonds. The molecule has 0 spiro atoms. The van der Waals surface area contributed by atoms with Crippen LogP contribution in [0.25, 0.3) is 0 Å². The molecule has 1 aromatic heterocycles. The molecule has 2 aromatic rings. The van der Waals surface area contributed by atoms with Gasteiger partial charge in [0.1, 0.15) is 5.69 Å². The van der Waals surface area contributed by atoms with Gasteiger partial charge in [-0.25, -0.2) is 9.97 Å². The number of aryl methyl sites for hydroxylation is 2. The molecule has 6 heteroatoms. The number of carbonyl (C=O) groups excluding carboxylic acids is 1. The Morgan fingerprint density at radius 3 is 2.34 bits per heavy atom. The van der Waals surface area contributed by atoms with Gasteiger partial charge in [0.15, 0.2) is 0 Å². The maximum absolute atomic E-state index is 13.0. The number of carbonyl (C=O) groups is 1. The van der Waals surface area contributed by atoms with E-state index < -0.39 is 0 Å². The van der Waals surface area contributed by atoms with Gasteiger partial charge in [-0.15, -0.1) is 0 Å². The van der Waals surface area contributed by atoms with Crippen LogP contribution >= 0.6 is 0 Å². The SMILES string of the molecule is CCN(CC)c1ccc(Nc2nc(C)cc(C(=O)N3CCCCCC3)n2)c(C)c1. The zero-order chi connectivity index (χ0) is 20.8. The van der Waals surface area contributed by atoms with Crippen molar-refractivity contribution in [1.29, 1.82) is 0 Å². The summed E-state index contributed by atoms with van der Waals surface area (Å²) >= 11 is 0. The summed E-state index contributed by atoms with van der Waals surface area (Å²) in [7, 11) is 0. The van der Waals surface area contributed by atoms with E-state index in [1.165, 1.54) is 18.5 Å². The van der Waals surface area contributed by atoms with Gasteiger partial charge in [0.05, 0.1) is 0 Å². The van der Waals surface area contributed by atoms with Crippen LogP contribution in [0, 0.1) is 13.8 Å². The zero-order valence-corrected chi connectivity index (χ0v) is 18.2. The molecule has 156 valence electrons. The van der Waals surface area contributed by atoms with Gasteiger partial charge in [0.25, 0.3) is 5.91 Å². The molecule has 0 bridgehead atoms. The van der Waals surface area contributed by atoms with E-state index >= 15 is 0 Å². The van der Waals surface area contributed by atoms with Crippen LogP contribution in [0.3, 0.4) is 0 Å². The lowest BCUT2D eigenvalue weighted by molar-refractivity contribution is 0.0755. The third kappa shape index (κ3) is 5.25. The molecular weight excluding hydrogens is 362 g/mol. The molecule has 0 atom stereocenters. The Balaban J connectivity index is 1.80. The Labute approximate surface area is 174 Å². The maximum Gasteiger partial charge on any atom is 0.272 e. The number of likely N-dealkylation sites (tertiary alicyclic amines) is 1. The Morgan fingerprint density at radius 1 is 1.03 bits per heavy atom. The largest absolute Gasteiger partial charge is 0.372 e. The van der Waals surface area contributed by atoms with Gasteiger partial charge in [-0.3, -0.25) is 4.79 Å². The highest BCUT2D eigenvalue weighted by molar-refractivity contribution is 5.92. The van der Waals surface area contributed by atoms with Crippen molar-refractivity contribution < 1.29 is 4.79 Å². The molecule has 0 radical (unpaired) electrons. The number of rotatable bonds is 6. The summed E-state index contributed by atoms with van der Waals surface area (Å²) in [4.78, 5) is 26.3. The number of hydrogen-bond donors (Lipinski definition) is 1. The van der Waals surface area contributed by atoms with Crippen LogP contribution in [0.4, 0.5) is 17.3 Å². The fraction of sp³-hybridized carbons (Fsp3) is 0.522. The van der Waals surface area contributed by atoms with E-state index in [0.29, 0.717) is 11.6 Å². The molecule has 6 nitrogen and oxygen atoms in total. The first kappa shape index (κ1) is 21.1. The Morgan fingerprint density at radius 2 is 1.72 bits per heavy atom. The van der Waals surface area contributed by atoms with Crippen LogP contribution < -0.4 is 10.2 Å². The fourth-order valence-electron chi connectivity index (χ4n) is 3.86. The van der Waals surface area contributed by atoms with Crippen LogP contribution in [-0.2, 0) is 0 Å². The van der Waals surface area contributed by atoms with Gasteiger partial charge >= 0.3 is 0 Å². The summed E-state index contributed by atoms with van der Waals surface area (Å²) in [6, 6.07) is 8.13. The second-order valence-corrected chi connectivity index (χ2v) is 7.72. The molecule has 1 aromatic carbocycles. The van der Waals surface area contributed by atoms with Crippen molar-refractivity contribution in [3.05, 3.63) is 41.2 Å². The highest BCUT2D eigenvalue weighted by atomic mass is 16.2. The number of nitrogens with zero attached hydrogens (tertiary/aromatic N) is 4. The van der Waals surface area contributed by atoms with Crippen LogP contribution in [0.2, 0.25) is 0 Å².